The lowest BCUT2D eigenvalue weighted by Crippen LogP contribution is -2.41. The number of imidazole rings is 2. The van der Waals surface area contributed by atoms with E-state index in [1.165, 1.54) is 16.0 Å². The van der Waals surface area contributed by atoms with Gasteiger partial charge in [0.1, 0.15) is 11.6 Å². The number of H-pyrrole nitrogens is 1. The molecule has 0 fully saturated rings. The van der Waals surface area contributed by atoms with Crippen LogP contribution in [-0.4, -0.2) is 48.7 Å². The van der Waals surface area contributed by atoms with Crippen molar-refractivity contribution in [1.29, 1.82) is 0 Å². The number of hydrogen-bond acceptors (Lipinski definition) is 4. The summed E-state index contributed by atoms with van der Waals surface area (Å²) < 4.78 is 1.85. The van der Waals surface area contributed by atoms with Crippen LogP contribution in [0.2, 0.25) is 0 Å². The molecule has 8 nitrogen and oxygen atoms in total. The van der Waals surface area contributed by atoms with Gasteiger partial charge in [0.05, 0.1) is 30.7 Å². The molecule has 2 heterocycles. The minimum Gasteiger partial charge on any atom is -0.395 e. The molecule has 3 rings (SSSR count). The maximum atomic E-state index is 12.5. The lowest BCUT2D eigenvalue weighted by molar-refractivity contribution is 0.171. The molecular formula is C18H24N6O2. The van der Waals surface area contributed by atoms with Crippen molar-refractivity contribution >= 4 is 17.1 Å². The Morgan fingerprint density at radius 2 is 2.12 bits per heavy atom. The van der Waals surface area contributed by atoms with Crippen LogP contribution in [0.1, 0.15) is 22.8 Å². The fraction of sp³-hybridized carbons (Fsp3) is 0.389. The average Bonchev–Trinajstić information content (AvgIpc) is 3.18. The topological polar surface area (TPSA) is 99.1 Å². The smallest absolute Gasteiger partial charge is 0.318 e. The van der Waals surface area contributed by atoms with Crippen LogP contribution in [0.15, 0.2) is 24.5 Å². The summed E-state index contributed by atoms with van der Waals surface area (Å²) in [4.78, 5) is 26.0. The molecule has 3 aromatic rings. The number of benzene rings is 1. The van der Waals surface area contributed by atoms with E-state index in [4.69, 9.17) is 0 Å². The number of carbonyl (C=O) groups is 1. The van der Waals surface area contributed by atoms with Gasteiger partial charge in [0, 0.05) is 26.0 Å². The second kappa shape index (κ2) is 7.57. The van der Waals surface area contributed by atoms with E-state index in [0.29, 0.717) is 12.4 Å². The van der Waals surface area contributed by atoms with Gasteiger partial charge in [-0.15, -0.1) is 0 Å². The first-order valence-electron chi connectivity index (χ1n) is 8.53. The van der Waals surface area contributed by atoms with Crippen LogP contribution >= 0.6 is 0 Å². The Kier molecular flexibility index (Phi) is 5.22. The minimum atomic E-state index is -0.269. The fourth-order valence-corrected chi connectivity index (χ4v) is 2.77. The summed E-state index contributed by atoms with van der Waals surface area (Å²) in [6, 6.07) is 3.82. The van der Waals surface area contributed by atoms with Crippen molar-refractivity contribution < 1.29 is 9.90 Å². The zero-order valence-corrected chi connectivity index (χ0v) is 15.3. The van der Waals surface area contributed by atoms with Crippen molar-refractivity contribution in [3.8, 4) is 0 Å². The Labute approximate surface area is 151 Å². The molecule has 0 aliphatic rings. The van der Waals surface area contributed by atoms with Crippen molar-refractivity contribution in [2.45, 2.75) is 26.9 Å². The molecule has 0 spiro atoms. The Morgan fingerprint density at radius 3 is 2.81 bits per heavy atom. The van der Waals surface area contributed by atoms with Gasteiger partial charge in [-0.2, -0.15) is 0 Å². The van der Waals surface area contributed by atoms with E-state index >= 15 is 0 Å². The van der Waals surface area contributed by atoms with E-state index in [0.717, 1.165) is 16.9 Å². The fourth-order valence-electron chi connectivity index (χ4n) is 2.77. The molecule has 0 unspecified atom stereocenters. The van der Waals surface area contributed by atoms with Crippen LogP contribution in [0.25, 0.3) is 11.0 Å². The summed E-state index contributed by atoms with van der Waals surface area (Å²) in [5.74, 6) is 1.45. The molecule has 2 amide bonds. The van der Waals surface area contributed by atoms with Crippen molar-refractivity contribution in [3.63, 3.8) is 0 Å². The van der Waals surface area contributed by atoms with Crippen LogP contribution in [0.5, 0.6) is 0 Å². The molecule has 2 aromatic heterocycles. The van der Waals surface area contributed by atoms with Crippen LogP contribution < -0.4 is 5.32 Å². The second-order valence-electron chi connectivity index (χ2n) is 6.40. The van der Waals surface area contributed by atoms with Gasteiger partial charge >= 0.3 is 6.03 Å². The first kappa shape index (κ1) is 17.9. The molecule has 138 valence electrons. The number of carbonyl (C=O) groups excluding carboxylic acids is 1. The molecule has 26 heavy (non-hydrogen) atoms. The summed E-state index contributed by atoms with van der Waals surface area (Å²) in [7, 11) is 1.87. The standard InChI is InChI=1S/C18H24N6O2/c1-12-8-14-15(9-13(12)2)22-16(21-14)10-20-18(26)24(6-7-25)11-17-19-4-5-23(17)3/h4-5,8-9,25H,6-7,10-11H2,1-3H3,(H,20,26)(H,21,22). The van der Waals surface area contributed by atoms with Crippen LogP contribution in [0.4, 0.5) is 4.79 Å². The van der Waals surface area contributed by atoms with Crippen LogP contribution in [0.3, 0.4) is 0 Å². The first-order valence-corrected chi connectivity index (χ1v) is 8.53. The third-order valence-corrected chi connectivity index (χ3v) is 4.46. The molecule has 8 heteroatoms. The highest BCUT2D eigenvalue weighted by atomic mass is 16.3. The molecule has 0 bridgehead atoms. The summed E-state index contributed by atoms with van der Waals surface area (Å²) in [6.07, 6.45) is 3.51. The van der Waals surface area contributed by atoms with E-state index in [9.17, 15) is 9.90 Å². The van der Waals surface area contributed by atoms with Gasteiger partial charge in [-0.25, -0.2) is 14.8 Å². The number of hydrogen-bond donors (Lipinski definition) is 3. The highest BCUT2D eigenvalue weighted by molar-refractivity contribution is 5.77. The number of fused-ring (bicyclic) bond motifs is 1. The summed E-state index contributed by atoms with van der Waals surface area (Å²) in [5.41, 5.74) is 4.22. The van der Waals surface area contributed by atoms with Crippen molar-refractivity contribution in [2.24, 2.45) is 7.05 Å². The predicted octanol–water partition coefficient (Wildman–Crippen LogP) is 1.62. The van der Waals surface area contributed by atoms with Crippen molar-refractivity contribution in [2.75, 3.05) is 13.2 Å². The van der Waals surface area contributed by atoms with Crippen molar-refractivity contribution in [3.05, 3.63) is 47.3 Å². The zero-order valence-electron chi connectivity index (χ0n) is 15.3. The molecule has 0 aliphatic carbocycles. The van der Waals surface area contributed by atoms with E-state index < -0.39 is 0 Å². The number of nitrogens with zero attached hydrogens (tertiary/aromatic N) is 4. The van der Waals surface area contributed by atoms with Gasteiger partial charge in [-0.05, 0) is 37.1 Å². The first-order chi connectivity index (χ1) is 12.5. The number of aromatic nitrogens is 4. The number of amides is 2. The molecule has 0 radical (unpaired) electrons. The quantitative estimate of drug-likeness (QED) is 0.625. The Balaban J connectivity index is 1.67. The third-order valence-electron chi connectivity index (χ3n) is 4.46. The highest BCUT2D eigenvalue weighted by Gasteiger charge is 2.16. The number of nitrogens with one attached hydrogen (secondary N) is 2. The molecular weight excluding hydrogens is 332 g/mol. The van der Waals surface area contributed by atoms with Gasteiger partial charge in [0.15, 0.2) is 0 Å². The maximum absolute atomic E-state index is 12.5. The number of aliphatic hydroxyl groups excluding tert-OH is 1. The van der Waals surface area contributed by atoms with E-state index in [2.05, 4.69) is 40.2 Å². The second-order valence-corrected chi connectivity index (χ2v) is 6.40. The molecule has 0 atom stereocenters. The van der Waals surface area contributed by atoms with Crippen molar-refractivity contribution in [1.82, 2.24) is 29.7 Å². The Morgan fingerprint density at radius 1 is 1.35 bits per heavy atom. The van der Waals surface area contributed by atoms with Gasteiger partial charge in [0.2, 0.25) is 0 Å². The molecule has 0 aliphatic heterocycles. The largest absolute Gasteiger partial charge is 0.395 e. The predicted molar refractivity (Wildman–Crippen MR) is 98.5 cm³/mol. The van der Waals surface area contributed by atoms with Crippen LogP contribution in [-0.2, 0) is 20.1 Å². The minimum absolute atomic E-state index is 0.110. The summed E-state index contributed by atoms with van der Waals surface area (Å²) in [6.45, 7) is 4.84. The van der Waals surface area contributed by atoms with E-state index in [-0.39, 0.29) is 25.7 Å². The summed E-state index contributed by atoms with van der Waals surface area (Å²) >= 11 is 0. The monoisotopic (exact) mass is 356 g/mol. The number of aromatic amines is 1. The molecule has 1 aromatic carbocycles. The zero-order chi connectivity index (χ0) is 18.7. The SMILES string of the molecule is Cc1cc2nc(CNC(=O)N(CCO)Cc3nccn3C)[nH]c2cc1C. The van der Waals surface area contributed by atoms with Crippen LogP contribution in [0, 0.1) is 13.8 Å². The maximum Gasteiger partial charge on any atom is 0.318 e. The normalized spacial score (nSPS) is 11.1. The Bertz CT molecular complexity index is 875. The van der Waals surface area contributed by atoms with Gasteiger partial charge in [-0.3, -0.25) is 0 Å². The number of urea groups is 1. The Hall–Kier alpha value is -2.87. The van der Waals surface area contributed by atoms with Gasteiger partial charge in [0.25, 0.3) is 0 Å². The lowest BCUT2D eigenvalue weighted by atomic mass is 10.1. The lowest BCUT2D eigenvalue weighted by Gasteiger charge is -2.21. The number of aliphatic hydroxyl groups is 1. The molecule has 0 saturated heterocycles. The van der Waals surface area contributed by atoms with Gasteiger partial charge in [-0.1, -0.05) is 0 Å². The average molecular weight is 356 g/mol. The third kappa shape index (κ3) is 3.85. The van der Waals surface area contributed by atoms with E-state index in [1.807, 2.05) is 23.9 Å². The van der Waals surface area contributed by atoms with E-state index in [1.54, 1.807) is 6.20 Å². The number of rotatable bonds is 6. The van der Waals surface area contributed by atoms with Gasteiger partial charge < -0.3 is 24.9 Å². The highest BCUT2D eigenvalue weighted by Crippen LogP contribution is 2.17. The molecule has 0 saturated carbocycles. The summed E-state index contributed by atoms with van der Waals surface area (Å²) in [5, 5.41) is 12.1. The number of aryl methyl sites for hydroxylation is 3. The molecule has 3 N–H and O–H groups in total.